The Kier molecular flexibility index (Phi) is 5.95. The van der Waals surface area contributed by atoms with Crippen LogP contribution in [0.3, 0.4) is 0 Å². The van der Waals surface area contributed by atoms with Crippen LogP contribution < -0.4 is 4.90 Å². The van der Waals surface area contributed by atoms with Gasteiger partial charge >= 0.3 is 0 Å². The summed E-state index contributed by atoms with van der Waals surface area (Å²) < 4.78 is 7.24. The number of carbonyl (C=O) groups excluding carboxylic acids is 2. The molecule has 0 N–H and O–H groups in total. The number of hydrogen-bond acceptors (Lipinski definition) is 6. The van der Waals surface area contributed by atoms with Crippen molar-refractivity contribution in [2.45, 2.75) is 25.7 Å². The Balaban J connectivity index is 1.38. The van der Waals surface area contributed by atoms with E-state index >= 15 is 0 Å². The smallest absolute Gasteiger partial charge is 0.162 e. The molecule has 4 rings (SSSR count). The van der Waals surface area contributed by atoms with Crippen molar-refractivity contribution < 1.29 is 14.3 Å². The zero-order valence-corrected chi connectivity index (χ0v) is 16.3. The average Bonchev–Trinajstić information content (AvgIpc) is 3.23. The number of carbonyl (C=O) groups is 2. The molecule has 7 heteroatoms. The predicted octanol–water partition coefficient (Wildman–Crippen LogP) is 2.73. The van der Waals surface area contributed by atoms with Gasteiger partial charge in [-0.15, -0.1) is 0 Å². The third kappa shape index (κ3) is 4.68. The first-order valence-corrected chi connectivity index (χ1v) is 9.97. The SMILES string of the molecule is O=C(CCCC(=O)c1ccccc1)Cc1cc(N2CCOCC2)n2nccc2n1. The van der Waals surface area contributed by atoms with Gasteiger partial charge in [0, 0.05) is 50.0 Å². The molecule has 0 unspecified atom stereocenters. The fraction of sp³-hybridized carbons (Fsp3) is 0.364. The Morgan fingerprint density at radius 1 is 1.03 bits per heavy atom. The number of morpholine rings is 1. The zero-order valence-electron chi connectivity index (χ0n) is 16.3. The average molecular weight is 392 g/mol. The minimum Gasteiger partial charge on any atom is -0.378 e. The molecule has 1 saturated heterocycles. The molecule has 7 nitrogen and oxygen atoms in total. The summed E-state index contributed by atoms with van der Waals surface area (Å²) in [6.45, 7) is 2.92. The van der Waals surface area contributed by atoms with Crippen molar-refractivity contribution in [2.24, 2.45) is 0 Å². The summed E-state index contributed by atoms with van der Waals surface area (Å²) in [5.41, 5.74) is 2.16. The van der Waals surface area contributed by atoms with Crippen molar-refractivity contribution in [1.29, 1.82) is 0 Å². The molecule has 0 atom stereocenters. The molecule has 3 aromatic rings. The second-order valence-electron chi connectivity index (χ2n) is 7.16. The van der Waals surface area contributed by atoms with E-state index in [1.807, 2.05) is 42.5 Å². The number of anilines is 1. The first-order chi connectivity index (χ1) is 14.2. The molecule has 0 aliphatic carbocycles. The number of Topliss-reactive ketones (excluding diaryl/α,β-unsaturated/α-hetero) is 2. The van der Waals surface area contributed by atoms with Crippen LogP contribution in [-0.4, -0.2) is 52.5 Å². The molecule has 2 aromatic heterocycles. The van der Waals surface area contributed by atoms with Gasteiger partial charge in [0.25, 0.3) is 0 Å². The Morgan fingerprint density at radius 2 is 1.83 bits per heavy atom. The predicted molar refractivity (Wildman–Crippen MR) is 109 cm³/mol. The van der Waals surface area contributed by atoms with Crippen LogP contribution >= 0.6 is 0 Å². The number of ketones is 2. The van der Waals surface area contributed by atoms with Gasteiger partial charge in [-0.25, -0.2) is 4.98 Å². The molecular formula is C22H24N4O3. The van der Waals surface area contributed by atoms with Crippen molar-refractivity contribution in [3.05, 3.63) is 59.9 Å². The highest BCUT2D eigenvalue weighted by Gasteiger charge is 2.17. The van der Waals surface area contributed by atoms with Gasteiger partial charge in [0.15, 0.2) is 11.4 Å². The van der Waals surface area contributed by atoms with Crippen LogP contribution in [0.1, 0.15) is 35.3 Å². The Bertz CT molecular complexity index is 994. The second kappa shape index (κ2) is 8.96. The fourth-order valence-electron chi connectivity index (χ4n) is 3.56. The van der Waals surface area contributed by atoms with Crippen LogP contribution in [0.4, 0.5) is 5.82 Å². The Labute approximate surface area is 169 Å². The topological polar surface area (TPSA) is 76.8 Å². The van der Waals surface area contributed by atoms with E-state index < -0.39 is 0 Å². The van der Waals surface area contributed by atoms with E-state index in [0.717, 1.165) is 30.2 Å². The van der Waals surface area contributed by atoms with Gasteiger partial charge in [-0.2, -0.15) is 9.61 Å². The molecule has 1 aliphatic heterocycles. The lowest BCUT2D eigenvalue weighted by molar-refractivity contribution is -0.118. The quantitative estimate of drug-likeness (QED) is 0.549. The second-order valence-corrected chi connectivity index (χ2v) is 7.16. The van der Waals surface area contributed by atoms with E-state index in [4.69, 9.17) is 4.74 Å². The van der Waals surface area contributed by atoms with Crippen LogP contribution in [-0.2, 0) is 16.0 Å². The monoisotopic (exact) mass is 392 g/mol. The van der Waals surface area contributed by atoms with Gasteiger partial charge in [0.05, 0.1) is 25.1 Å². The lowest BCUT2D eigenvalue weighted by Crippen LogP contribution is -2.37. The van der Waals surface area contributed by atoms with E-state index in [1.54, 1.807) is 10.7 Å². The molecule has 0 saturated carbocycles. The van der Waals surface area contributed by atoms with Gasteiger partial charge in [-0.05, 0) is 6.42 Å². The van der Waals surface area contributed by atoms with Crippen molar-refractivity contribution in [3.63, 3.8) is 0 Å². The molecule has 0 spiro atoms. The standard InChI is InChI=1S/C22H24N4O3/c27-19(7-4-8-20(28)17-5-2-1-3-6-17)15-18-16-22(25-11-13-29-14-12-25)26-21(24-18)9-10-23-26/h1-3,5-6,9-10,16H,4,7-8,11-15H2. The van der Waals surface area contributed by atoms with Crippen molar-refractivity contribution in [2.75, 3.05) is 31.2 Å². The maximum Gasteiger partial charge on any atom is 0.162 e. The highest BCUT2D eigenvalue weighted by atomic mass is 16.5. The van der Waals surface area contributed by atoms with Crippen molar-refractivity contribution in [3.8, 4) is 0 Å². The van der Waals surface area contributed by atoms with Gasteiger partial charge < -0.3 is 9.64 Å². The van der Waals surface area contributed by atoms with Crippen LogP contribution in [0.15, 0.2) is 48.7 Å². The maximum absolute atomic E-state index is 12.5. The molecule has 0 bridgehead atoms. The van der Waals surface area contributed by atoms with Crippen molar-refractivity contribution in [1.82, 2.24) is 14.6 Å². The number of rotatable bonds is 8. The van der Waals surface area contributed by atoms with Crippen LogP contribution in [0, 0.1) is 0 Å². The van der Waals surface area contributed by atoms with Gasteiger partial charge in [0.1, 0.15) is 11.6 Å². The lowest BCUT2D eigenvalue weighted by Gasteiger charge is -2.29. The molecule has 3 heterocycles. The van der Waals surface area contributed by atoms with Gasteiger partial charge in [-0.1, -0.05) is 30.3 Å². The largest absolute Gasteiger partial charge is 0.378 e. The molecule has 1 fully saturated rings. The number of ether oxygens (including phenoxy) is 1. The zero-order chi connectivity index (χ0) is 20.1. The highest BCUT2D eigenvalue weighted by Crippen LogP contribution is 2.19. The third-order valence-corrected chi connectivity index (χ3v) is 5.06. The summed E-state index contributed by atoms with van der Waals surface area (Å²) >= 11 is 0. The van der Waals surface area contributed by atoms with Crippen LogP contribution in [0.5, 0.6) is 0 Å². The number of benzene rings is 1. The molecule has 29 heavy (non-hydrogen) atoms. The third-order valence-electron chi connectivity index (χ3n) is 5.06. The van der Waals surface area contributed by atoms with Crippen molar-refractivity contribution >= 4 is 23.0 Å². The molecule has 150 valence electrons. The fourth-order valence-corrected chi connectivity index (χ4v) is 3.56. The number of nitrogens with zero attached hydrogens (tertiary/aromatic N) is 4. The summed E-state index contributed by atoms with van der Waals surface area (Å²) in [7, 11) is 0. The molecule has 0 amide bonds. The van der Waals surface area contributed by atoms with Crippen LogP contribution in [0.2, 0.25) is 0 Å². The van der Waals surface area contributed by atoms with E-state index in [2.05, 4.69) is 15.0 Å². The summed E-state index contributed by atoms with van der Waals surface area (Å²) in [5, 5.41) is 4.36. The normalized spacial score (nSPS) is 14.3. The summed E-state index contributed by atoms with van der Waals surface area (Å²) in [4.78, 5) is 31.4. The molecule has 0 radical (unpaired) electrons. The van der Waals surface area contributed by atoms with E-state index in [1.165, 1.54) is 0 Å². The molecule has 1 aromatic carbocycles. The summed E-state index contributed by atoms with van der Waals surface area (Å²) in [5.74, 6) is 1.10. The first-order valence-electron chi connectivity index (χ1n) is 9.97. The van der Waals surface area contributed by atoms with E-state index in [0.29, 0.717) is 38.0 Å². The Morgan fingerprint density at radius 3 is 2.62 bits per heavy atom. The lowest BCUT2D eigenvalue weighted by atomic mass is 10.0. The highest BCUT2D eigenvalue weighted by molar-refractivity contribution is 5.96. The first kappa shape index (κ1) is 19.3. The van der Waals surface area contributed by atoms with E-state index in [-0.39, 0.29) is 18.0 Å². The van der Waals surface area contributed by atoms with Gasteiger partial charge in [-0.3, -0.25) is 9.59 Å². The van der Waals surface area contributed by atoms with E-state index in [9.17, 15) is 9.59 Å². The Hall–Kier alpha value is -3.06. The minimum atomic E-state index is 0.0757. The maximum atomic E-state index is 12.5. The summed E-state index contributed by atoms with van der Waals surface area (Å²) in [6.07, 6.45) is 3.28. The number of hydrogen-bond donors (Lipinski definition) is 0. The number of aromatic nitrogens is 3. The molecule has 1 aliphatic rings. The number of fused-ring (bicyclic) bond motifs is 1. The minimum absolute atomic E-state index is 0.0757. The summed E-state index contributed by atoms with van der Waals surface area (Å²) in [6, 6.07) is 13.0. The van der Waals surface area contributed by atoms with Gasteiger partial charge in [0.2, 0.25) is 0 Å². The van der Waals surface area contributed by atoms with Crippen LogP contribution in [0.25, 0.3) is 5.65 Å². The molecular weight excluding hydrogens is 368 g/mol.